The summed E-state index contributed by atoms with van der Waals surface area (Å²) in [6.07, 6.45) is 3.66. The molecule has 1 aliphatic rings. The number of fused-ring (bicyclic) bond motifs is 1. The van der Waals surface area contributed by atoms with E-state index in [1.807, 2.05) is 30.6 Å². The van der Waals surface area contributed by atoms with Crippen LogP contribution < -0.4 is 14.4 Å². The molecular weight excluding hydrogens is 348 g/mol. The monoisotopic (exact) mass is 370 g/mol. The predicted octanol–water partition coefficient (Wildman–Crippen LogP) is 3.03. The molecule has 2 aromatic heterocycles. The number of benzene rings is 1. The Balaban J connectivity index is 1.42. The number of rotatable bonds is 5. The summed E-state index contributed by atoms with van der Waals surface area (Å²) in [7, 11) is 3.41. The molecule has 1 aliphatic heterocycles. The fraction of sp³-hybridized carbons (Fsp3) is 0.368. The van der Waals surface area contributed by atoms with Crippen molar-refractivity contribution in [2.75, 3.05) is 45.3 Å². The minimum atomic E-state index is 0.859. The number of piperazine rings is 1. The molecule has 0 spiro atoms. The number of ether oxygens (including phenoxy) is 2. The SMILES string of the molecule is COc1ccc(OC)c(CN2CCN(c3nc4cnccc4s3)CC2)c1. The number of anilines is 1. The second-order valence-corrected chi connectivity index (χ2v) is 7.29. The zero-order chi connectivity index (χ0) is 17.9. The van der Waals surface area contributed by atoms with Gasteiger partial charge in [-0.1, -0.05) is 11.3 Å². The van der Waals surface area contributed by atoms with E-state index in [9.17, 15) is 0 Å². The molecule has 0 N–H and O–H groups in total. The number of aromatic nitrogens is 2. The first-order chi connectivity index (χ1) is 12.8. The summed E-state index contributed by atoms with van der Waals surface area (Å²) in [4.78, 5) is 13.7. The van der Waals surface area contributed by atoms with E-state index in [1.165, 1.54) is 4.70 Å². The highest BCUT2D eigenvalue weighted by Gasteiger charge is 2.21. The van der Waals surface area contributed by atoms with E-state index in [-0.39, 0.29) is 0 Å². The molecule has 6 nitrogen and oxygen atoms in total. The van der Waals surface area contributed by atoms with E-state index in [1.54, 1.807) is 25.6 Å². The Bertz CT molecular complexity index is 857. The average Bonchev–Trinajstić information content (AvgIpc) is 3.12. The molecule has 3 heterocycles. The predicted molar refractivity (Wildman–Crippen MR) is 104 cm³/mol. The van der Waals surface area contributed by atoms with Gasteiger partial charge in [0.25, 0.3) is 0 Å². The molecule has 0 bridgehead atoms. The van der Waals surface area contributed by atoms with Crippen molar-refractivity contribution in [1.82, 2.24) is 14.9 Å². The Morgan fingerprint density at radius 3 is 2.65 bits per heavy atom. The summed E-state index contributed by atoms with van der Waals surface area (Å²) in [5.74, 6) is 1.77. The molecule has 1 aromatic carbocycles. The smallest absolute Gasteiger partial charge is 0.186 e. The van der Waals surface area contributed by atoms with Crippen molar-refractivity contribution in [3.63, 3.8) is 0 Å². The third-order valence-electron chi connectivity index (χ3n) is 4.70. The third-order valence-corrected chi connectivity index (χ3v) is 5.80. The molecule has 0 unspecified atom stereocenters. The van der Waals surface area contributed by atoms with Gasteiger partial charge in [-0.3, -0.25) is 9.88 Å². The summed E-state index contributed by atoms with van der Waals surface area (Å²) < 4.78 is 12.0. The highest BCUT2D eigenvalue weighted by molar-refractivity contribution is 7.22. The lowest BCUT2D eigenvalue weighted by Gasteiger charge is -2.34. The van der Waals surface area contributed by atoms with Crippen LogP contribution in [0.25, 0.3) is 10.2 Å². The Kier molecular flexibility index (Phi) is 4.90. The molecule has 3 aromatic rings. The zero-order valence-electron chi connectivity index (χ0n) is 15.0. The van der Waals surface area contributed by atoms with Crippen molar-refractivity contribution in [3.05, 3.63) is 42.2 Å². The van der Waals surface area contributed by atoms with Crippen molar-refractivity contribution >= 4 is 26.7 Å². The molecule has 0 amide bonds. The van der Waals surface area contributed by atoms with Gasteiger partial charge in [0.05, 0.1) is 25.1 Å². The quantitative estimate of drug-likeness (QED) is 0.688. The van der Waals surface area contributed by atoms with Crippen LogP contribution in [-0.2, 0) is 6.54 Å². The van der Waals surface area contributed by atoms with Crippen molar-refractivity contribution < 1.29 is 9.47 Å². The molecule has 1 saturated heterocycles. The van der Waals surface area contributed by atoms with E-state index < -0.39 is 0 Å². The van der Waals surface area contributed by atoms with Gasteiger partial charge in [-0.05, 0) is 24.3 Å². The lowest BCUT2D eigenvalue weighted by atomic mass is 10.1. The van der Waals surface area contributed by atoms with Gasteiger partial charge in [0.1, 0.15) is 17.0 Å². The van der Waals surface area contributed by atoms with Gasteiger partial charge >= 0.3 is 0 Å². The topological polar surface area (TPSA) is 50.7 Å². The maximum Gasteiger partial charge on any atom is 0.186 e. The van der Waals surface area contributed by atoms with Crippen molar-refractivity contribution in [2.24, 2.45) is 0 Å². The van der Waals surface area contributed by atoms with Crippen LogP contribution in [0.5, 0.6) is 11.5 Å². The largest absolute Gasteiger partial charge is 0.497 e. The first-order valence-corrected chi connectivity index (χ1v) is 9.47. The second-order valence-electron chi connectivity index (χ2n) is 6.28. The van der Waals surface area contributed by atoms with E-state index in [4.69, 9.17) is 14.5 Å². The number of hydrogen-bond donors (Lipinski definition) is 0. The van der Waals surface area contributed by atoms with Crippen LogP contribution >= 0.6 is 11.3 Å². The Labute approximate surface area is 157 Å². The maximum atomic E-state index is 5.50. The third kappa shape index (κ3) is 3.45. The Morgan fingerprint density at radius 2 is 1.92 bits per heavy atom. The molecular formula is C19H22N4O2S. The number of pyridine rings is 1. The molecule has 7 heteroatoms. The van der Waals surface area contributed by atoms with Crippen LogP contribution in [0.2, 0.25) is 0 Å². The van der Waals surface area contributed by atoms with Crippen molar-refractivity contribution in [2.45, 2.75) is 6.54 Å². The van der Waals surface area contributed by atoms with Gasteiger partial charge in [0, 0.05) is 44.5 Å². The lowest BCUT2D eigenvalue weighted by Crippen LogP contribution is -2.45. The summed E-state index contributed by atoms with van der Waals surface area (Å²) in [6, 6.07) is 8.00. The highest BCUT2D eigenvalue weighted by Crippen LogP contribution is 2.29. The minimum Gasteiger partial charge on any atom is -0.497 e. The number of hydrogen-bond acceptors (Lipinski definition) is 7. The van der Waals surface area contributed by atoms with Crippen LogP contribution in [0.1, 0.15) is 5.56 Å². The molecule has 26 heavy (non-hydrogen) atoms. The van der Waals surface area contributed by atoms with Crippen LogP contribution in [0.3, 0.4) is 0 Å². The molecule has 0 aliphatic carbocycles. The minimum absolute atomic E-state index is 0.859. The first-order valence-electron chi connectivity index (χ1n) is 8.65. The van der Waals surface area contributed by atoms with Crippen LogP contribution in [0.4, 0.5) is 5.13 Å². The van der Waals surface area contributed by atoms with Gasteiger partial charge in [0.15, 0.2) is 5.13 Å². The molecule has 4 rings (SSSR count). The van der Waals surface area contributed by atoms with Gasteiger partial charge in [0.2, 0.25) is 0 Å². The highest BCUT2D eigenvalue weighted by atomic mass is 32.1. The summed E-state index contributed by atoms with van der Waals surface area (Å²) >= 11 is 1.74. The Morgan fingerprint density at radius 1 is 1.08 bits per heavy atom. The lowest BCUT2D eigenvalue weighted by molar-refractivity contribution is 0.245. The van der Waals surface area contributed by atoms with E-state index >= 15 is 0 Å². The molecule has 0 radical (unpaired) electrons. The first kappa shape index (κ1) is 17.1. The molecule has 136 valence electrons. The van der Waals surface area contributed by atoms with Crippen molar-refractivity contribution in [1.29, 1.82) is 0 Å². The molecule has 1 fully saturated rings. The molecule has 0 atom stereocenters. The van der Waals surface area contributed by atoms with E-state index in [2.05, 4.69) is 20.9 Å². The summed E-state index contributed by atoms with van der Waals surface area (Å²) in [6.45, 7) is 4.79. The van der Waals surface area contributed by atoms with Gasteiger partial charge < -0.3 is 14.4 Å². The fourth-order valence-corrected chi connectivity index (χ4v) is 4.23. The van der Waals surface area contributed by atoms with E-state index in [0.717, 1.165) is 60.4 Å². The number of methoxy groups -OCH3 is 2. The second kappa shape index (κ2) is 7.47. The fourth-order valence-electron chi connectivity index (χ4n) is 3.25. The summed E-state index contributed by atoms with van der Waals surface area (Å²) in [5, 5.41) is 1.09. The number of thiazole rings is 1. The normalized spacial score (nSPS) is 15.4. The van der Waals surface area contributed by atoms with Crippen molar-refractivity contribution in [3.8, 4) is 11.5 Å². The van der Waals surface area contributed by atoms with Crippen LogP contribution in [0, 0.1) is 0 Å². The molecule has 0 saturated carbocycles. The number of nitrogens with zero attached hydrogens (tertiary/aromatic N) is 4. The Hall–Kier alpha value is -2.38. The van der Waals surface area contributed by atoms with Gasteiger partial charge in [-0.25, -0.2) is 4.98 Å². The maximum absolute atomic E-state index is 5.50. The van der Waals surface area contributed by atoms with Gasteiger partial charge in [-0.2, -0.15) is 0 Å². The zero-order valence-corrected chi connectivity index (χ0v) is 15.8. The van der Waals surface area contributed by atoms with Gasteiger partial charge in [-0.15, -0.1) is 0 Å². The summed E-state index contributed by atoms with van der Waals surface area (Å²) in [5.41, 5.74) is 2.14. The van der Waals surface area contributed by atoms with Crippen LogP contribution in [0.15, 0.2) is 36.7 Å². The average molecular weight is 370 g/mol. The van der Waals surface area contributed by atoms with Crippen LogP contribution in [-0.4, -0.2) is 55.3 Å². The van der Waals surface area contributed by atoms with E-state index in [0.29, 0.717) is 0 Å². The standard InChI is InChI=1S/C19H22N4O2S/c1-24-15-3-4-17(25-2)14(11-15)13-22-7-9-23(10-8-22)19-21-16-12-20-6-5-18(16)26-19/h3-6,11-12H,7-10,13H2,1-2H3.